The summed E-state index contributed by atoms with van der Waals surface area (Å²) in [6.45, 7) is 15.1. The minimum Gasteiger partial charge on any atom is -0.375 e. The summed E-state index contributed by atoms with van der Waals surface area (Å²) in [6, 6.07) is 0. The number of carbonyl (C=O) groups excluding carboxylic acids is 1. The van der Waals surface area contributed by atoms with Crippen molar-refractivity contribution in [2.24, 2.45) is 5.41 Å². The van der Waals surface area contributed by atoms with Crippen LogP contribution in [0.25, 0.3) is 0 Å². The summed E-state index contributed by atoms with van der Waals surface area (Å²) in [7, 11) is 0. The zero-order valence-electron chi connectivity index (χ0n) is 12.3. The minimum atomic E-state index is -0.724. The number of carbonyl (C=O) groups is 1. The van der Waals surface area contributed by atoms with Crippen LogP contribution in [0.2, 0.25) is 0 Å². The molecule has 0 amide bonds. The second-order valence-corrected chi connectivity index (χ2v) is 6.85. The SMILES string of the molecule is CC(C)(C)OCC(C)(C)C(=O)OOC(C)(C)C. The Bertz CT molecular complexity index is 256. The molecule has 0 spiro atoms. The minimum absolute atomic E-state index is 0.275. The Hall–Kier alpha value is -0.610. The standard InChI is InChI=1S/C13H26O4/c1-11(2,3)15-9-13(7,8)10(14)16-17-12(4,5)6/h9H2,1-8H3. The molecular formula is C13H26O4. The first kappa shape index (κ1) is 16.4. The molecule has 0 aromatic heterocycles. The summed E-state index contributed by atoms with van der Waals surface area (Å²) < 4.78 is 5.59. The molecule has 17 heavy (non-hydrogen) atoms. The molecule has 0 aromatic carbocycles. The van der Waals surface area contributed by atoms with Gasteiger partial charge in [0.05, 0.1) is 17.6 Å². The van der Waals surface area contributed by atoms with Crippen molar-refractivity contribution in [3.63, 3.8) is 0 Å². The lowest BCUT2D eigenvalue weighted by Gasteiger charge is -2.28. The summed E-state index contributed by atoms with van der Waals surface area (Å²) in [4.78, 5) is 21.6. The zero-order valence-corrected chi connectivity index (χ0v) is 12.3. The van der Waals surface area contributed by atoms with E-state index in [-0.39, 0.29) is 5.60 Å². The lowest BCUT2D eigenvalue weighted by molar-refractivity contribution is -0.327. The first-order valence-electron chi connectivity index (χ1n) is 5.88. The van der Waals surface area contributed by atoms with Gasteiger partial charge in [-0.3, -0.25) is 4.89 Å². The fourth-order valence-corrected chi connectivity index (χ4v) is 0.731. The molecule has 0 aromatic rings. The van der Waals surface area contributed by atoms with Gasteiger partial charge in [0, 0.05) is 0 Å². The number of hydrogen-bond donors (Lipinski definition) is 0. The third kappa shape index (κ3) is 8.16. The van der Waals surface area contributed by atoms with Crippen LogP contribution in [-0.2, 0) is 19.3 Å². The monoisotopic (exact) mass is 246 g/mol. The first-order chi connectivity index (χ1) is 7.33. The van der Waals surface area contributed by atoms with E-state index in [1.165, 1.54) is 0 Å². The molecule has 0 N–H and O–H groups in total. The Balaban J connectivity index is 4.26. The Morgan fingerprint density at radius 1 is 0.882 bits per heavy atom. The molecule has 0 bridgehead atoms. The van der Waals surface area contributed by atoms with E-state index < -0.39 is 17.0 Å². The van der Waals surface area contributed by atoms with E-state index in [4.69, 9.17) is 14.5 Å². The third-order valence-electron chi connectivity index (χ3n) is 1.79. The highest BCUT2D eigenvalue weighted by Gasteiger charge is 2.33. The van der Waals surface area contributed by atoms with Crippen LogP contribution in [0.3, 0.4) is 0 Å². The van der Waals surface area contributed by atoms with Crippen molar-refractivity contribution in [3.8, 4) is 0 Å². The second-order valence-electron chi connectivity index (χ2n) is 6.85. The predicted molar refractivity (Wildman–Crippen MR) is 66.4 cm³/mol. The van der Waals surface area contributed by atoms with Crippen LogP contribution in [0.15, 0.2) is 0 Å². The largest absolute Gasteiger partial charge is 0.375 e. The van der Waals surface area contributed by atoms with E-state index >= 15 is 0 Å². The highest BCUT2D eigenvalue weighted by Crippen LogP contribution is 2.22. The molecule has 0 atom stereocenters. The lowest BCUT2D eigenvalue weighted by atomic mass is 9.95. The van der Waals surface area contributed by atoms with Crippen molar-refractivity contribution >= 4 is 5.97 Å². The Labute approximate surface area is 105 Å². The highest BCUT2D eigenvalue weighted by molar-refractivity contribution is 5.75. The highest BCUT2D eigenvalue weighted by atomic mass is 17.2. The molecule has 0 saturated heterocycles. The van der Waals surface area contributed by atoms with Crippen molar-refractivity contribution in [2.75, 3.05) is 6.61 Å². The summed E-state index contributed by atoms with van der Waals surface area (Å²) >= 11 is 0. The van der Waals surface area contributed by atoms with Crippen LogP contribution in [0.5, 0.6) is 0 Å². The smallest absolute Gasteiger partial charge is 0.350 e. The van der Waals surface area contributed by atoms with Crippen molar-refractivity contribution in [1.82, 2.24) is 0 Å². The number of ether oxygens (including phenoxy) is 1. The molecule has 0 aliphatic heterocycles. The third-order valence-corrected chi connectivity index (χ3v) is 1.79. The van der Waals surface area contributed by atoms with E-state index in [0.717, 1.165) is 0 Å². The van der Waals surface area contributed by atoms with Crippen molar-refractivity contribution in [1.29, 1.82) is 0 Å². The maximum Gasteiger partial charge on any atom is 0.350 e. The van der Waals surface area contributed by atoms with Gasteiger partial charge >= 0.3 is 5.97 Å². The molecule has 0 radical (unpaired) electrons. The Morgan fingerprint density at radius 3 is 1.71 bits per heavy atom. The average molecular weight is 246 g/mol. The Kier molecular flexibility index (Phi) is 5.16. The van der Waals surface area contributed by atoms with Gasteiger partial charge in [0.15, 0.2) is 0 Å². The first-order valence-corrected chi connectivity index (χ1v) is 5.88. The molecule has 4 heteroatoms. The van der Waals surface area contributed by atoms with Gasteiger partial charge in [-0.15, -0.1) is 0 Å². The van der Waals surface area contributed by atoms with Gasteiger partial charge in [-0.25, -0.2) is 4.79 Å². The molecule has 0 fully saturated rings. The fourth-order valence-electron chi connectivity index (χ4n) is 0.731. The molecule has 0 saturated carbocycles. The topological polar surface area (TPSA) is 44.8 Å². The van der Waals surface area contributed by atoms with Gasteiger partial charge in [-0.2, -0.15) is 4.89 Å². The van der Waals surface area contributed by atoms with Gasteiger partial charge < -0.3 is 4.74 Å². The van der Waals surface area contributed by atoms with E-state index in [9.17, 15) is 4.79 Å². The molecule has 0 aliphatic rings. The number of rotatable bonds is 4. The van der Waals surface area contributed by atoms with Crippen LogP contribution in [0.1, 0.15) is 55.4 Å². The molecular weight excluding hydrogens is 220 g/mol. The van der Waals surface area contributed by atoms with Crippen LogP contribution in [0, 0.1) is 5.41 Å². The van der Waals surface area contributed by atoms with Gasteiger partial charge in [0.1, 0.15) is 5.60 Å². The maximum absolute atomic E-state index is 11.8. The van der Waals surface area contributed by atoms with Crippen LogP contribution in [0.4, 0.5) is 0 Å². The predicted octanol–water partition coefficient (Wildman–Crippen LogP) is 3.10. The second kappa shape index (κ2) is 5.36. The molecule has 0 aliphatic carbocycles. The Morgan fingerprint density at radius 2 is 1.35 bits per heavy atom. The van der Waals surface area contributed by atoms with Crippen molar-refractivity contribution in [3.05, 3.63) is 0 Å². The van der Waals surface area contributed by atoms with Gasteiger partial charge in [-0.1, -0.05) is 0 Å². The molecule has 102 valence electrons. The van der Waals surface area contributed by atoms with Crippen LogP contribution >= 0.6 is 0 Å². The average Bonchev–Trinajstić information content (AvgIpc) is 2.09. The van der Waals surface area contributed by atoms with Crippen LogP contribution in [-0.4, -0.2) is 23.8 Å². The molecule has 0 unspecified atom stereocenters. The van der Waals surface area contributed by atoms with E-state index in [1.807, 2.05) is 41.5 Å². The van der Waals surface area contributed by atoms with Crippen LogP contribution < -0.4 is 0 Å². The summed E-state index contributed by atoms with van der Waals surface area (Å²) in [5.74, 6) is -0.420. The summed E-state index contributed by atoms with van der Waals surface area (Å²) in [5, 5.41) is 0. The van der Waals surface area contributed by atoms with E-state index in [0.29, 0.717) is 6.61 Å². The normalized spacial score (nSPS) is 13.6. The van der Waals surface area contributed by atoms with Gasteiger partial charge in [0.25, 0.3) is 0 Å². The maximum atomic E-state index is 11.8. The van der Waals surface area contributed by atoms with E-state index in [2.05, 4.69) is 0 Å². The van der Waals surface area contributed by atoms with Crippen molar-refractivity contribution in [2.45, 2.75) is 66.6 Å². The fraction of sp³-hybridized carbons (Fsp3) is 0.923. The zero-order chi connectivity index (χ0) is 13.9. The quantitative estimate of drug-likeness (QED) is 0.565. The molecule has 0 rings (SSSR count). The van der Waals surface area contributed by atoms with Gasteiger partial charge in [0.2, 0.25) is 0 Å². The molecule has 0 heterocycles. The number of hydrogen-bond acceptors (Lipinski definition) is 4. The van der Waals surface area contributed by atoms with E-state index in [1.54, 1.807) is 13.8 Å². The lowest BCUT2D eigenvalue weighted by Crippen LogP contribution is -2.36. The van der Waals surface area contributed by atoms with Gasteiger partial charge in [-0.05, 0) is 55.4 Å². The molecule has 4 nitrogen and oxygen atoms in total. The summed E-state index contributed by atoms with van der Waals surface area (Å²) in [5.41, 5.74) is -1.50. The summed E-state index contributed by atoms with van der Waals surface area (Å²) in [6.07, 6.45) is 0. The van der Waals surface area contributed by atoms with Crippen molar-refractivity contribution < 1.29 is 19.3 Å².